The van der Waals surface area contributed by atoms with Crippen molar-refractivity contribution in [3.63, 3.8) is 0 Å². The van der Waals surface area contributed by atoms with Gasteiger partial charge >= 0.3 is 5.97 Å². The van der Waals surface area contributed by atoms with Gasteiger partial charge in [-0.05, 0) is 19.3 Å². The summed E-state index contributed by atoms with van der Waals surface area (Å²) in [6.07, 6.45) is 1.93. The smallest absolute Gasteiger partial charge is 0.328 e. The van der Waals surface area contributed by atoms with E-state index in [2.05, 4.69) is 5.10 Å². The number of nitrogen functional groups attached to an aromatic ring is 1. The number of carboxylic acids is 1. The molecule has 0 aliphatic rings. The van der Waals surface area contributed by atoms with Gasteiger partial charge in [-0.2, -0.15) is 5.10 Å². The fourth-order valence-corrected chi connectivity index (χ4v) is 1.86. The number of aliphatic carboxylic acids is 1. The number of carbonyl (C=O) groups is 1. The molecule has 90 valence electrons. The SMILES string of the molecule is CCc1nn(C(CC)C(=O)O)c(CC)c1N. The summed E-state index contributed by atoms with van der Waals surface area (Å²) in [5.41, 5.74) is 8.20. The van der Waals surface area contributed by atoms with Gasteiger partial charge in [-0.25, -0.2) is 4.79 Å². The number of hydrogen-bond donors (Lipinski definition) is 2. The van der Waals surface area contributed by atoms with Crippen molar-refractivity contribution in [1.82, 2.24) is 9.78 Å². The van der Waals surface area contributed by atoms with Crippen LogP contribution in [0.1, 0.15) is 44.6 Å². The van der Waals surface area contributed by atoms with Gasteiger partial charge in [0.25, 0.3) is 0 Å². The second-order valence-electron chi connectivity index (χ2n) is 3.72. The number of nitrogens with zero attached hydrogens (tertiary/aromatic N) is 2. The van der Waals surface area contributed by atoms with E-state index in [-0.39, 0.29) is 0 Å². The Morgan fingerprint density at radius 1 is 1.44 bits per heavy atom. The molecule has 0 spiro atoms. The lowest BCUT2D eigenvalue weighted by Gasteiger charge is -2.13. The fourth-order valence-electron chi connectivity index (χ4n) is 1.86. The molecule has 0 aliphatic carbocycles. The lowest BCUT2D eigenvalue weighted by molar-refractivity contribution is -0.141. The highest BCUT2D eigenvalue weighted by atomic mass is 16.4. The zero-order valence-corrected chi connectivity index (χ0v) is 10.0. The average Bonchev–Trinajstić information content (AvgIpc) is 2.55. The molecule has 0 fully saturated rings. The zero-order chi connectivity index (χ0) is 12.3. The Kier molecular flexibility index (Phi) is 3.93. The van der Waals surface area contributed by atoms with Crippen molar-refractivity contribution in [3.05, 3.63) is 11.4 Å². The zero-order valence-electron chi connectivity index (χ0n) is 10.0. The highest BCUT2D eigenvalue weighted by molar-refractivity contribution is 5.72. The topological polar surface area (TPSA) is 81.1 Å². The first kappa shape index (κ1) is 12.5. The van der Waals surface area contributed by atoms with E-state index >= 15 is 0 Å². The second kappa shape index (κ2) is 5.01. The summed E-state index contributed by atoms with van der Waals surface area (Å²) in [6, 6.07) is -0.613. The van der Waals surface area contributed by atoms with Gasteiger partial charge in [0.05, 0.1) is 17.1 Å². The molecule has 3 N–H and O–H groups in total. The predicted molar refractivity (Wildman–Crippen MR) is 62.4 cm³/mol. The summed E-state index contributed by atoms with van der Waals surface area (Å²) >= 11 is 0. The fraction of sp³-hybridized carbons (Fsp3) is 0.636. The second-order valence-corrected chi connectivity index (χ2v) is 3.72. The van der Waals surface area contributed by atoms with Crippen molar-refractivity contribution in [2.24, 2.45) is 0 Å². The molecule has 0 saturated carbocycles. The summed E-state index contributed by atoms with van der Waals surface area (Å²) in [4.78, 5) is 11.1. The van der Waals surface area contributed by atoms with Gasteiger partial charge < -0.3 is 10.8 Å². The van der Waals surface area contributed by atoms with E-state index in [1.165, 1.54) is 0 Å². The Bertz CT molecular complexity index is 385. The third-order valence-corrected chi connectivity index (χ3v) is 2.76. The van der Waals surface area contributed by atoms with Crippen LogP contribution in [0, 0.1) is 0 Å². The first-order chi connectivity index (χ1) is 7.56. The normalized spacial score (nSPS) is 12.7. The molecule has 1 aromatic heterocycles. The van der Waals surface area contributed by atoms with Crippen LogP contribution in [0.4, 0.5) is 5.69 Å². The van der Waals surface area contributed by atoms with E-state index in [1.807, 2.05) is 20.8 Å². The van der Waals surface area contributed by atoms with Gasteiger partial charge in [0, 0.05) is 0 Å². The molecule has 1 rings (SSSR count). The Hall–Kier alpha value is -1.52. The van der Waals surface area contributed by atoms with Crippen LogP contribution in [-0.4, -0.2) is 20.9 Å². The molecule has 0 saturated heterocycles. The number of carboxylic acid groups (broad SMARTS) is 1. The molecule has 1 heterocycles. The number of aromatic nitrogens is 2. The lowest BCUT2D eigenvalue weighted by atomic mass is 10.2. The molecule has 0 aliphatic heterocycles. The lowest BCUT2D eigenvalue weighted by Crippen LogP contribution is -2.21. The van der Waals surface area contributed by atoms with E-state index in [1.54, 1.807) is 4.68 Å². The quantitative estimate of drug-likeness (QED) is 0.798. The minimum atomic E-state index is -0.859. The largest absolute Gasteiger partial charge is 0.480 e. The van der Waals surface area contributed by atoms with Crippen LogP contribution in [-0.2, 0) is 17.6 Å². The molecule has 5 nitrogen and oxygen atoms in total. The third-order valence-electron chi connectivity index (χ3n) is 2.76. The molecule has 0 amide bonds. The summed E-state index contributed by atoms with van der Waals surface area (Å²) in [7, 11) is 0. The van der Waals surface area contributed by atoms with Crippen LogP contribution in [0.15, 0.2) is 0 Å². The van der Waals surface area contributed by atoms with E-state index in [9.17, 15) is 4.79 Å². The van der Waals surface area contributed by atoms with E-state index in [0.29, 0.717) is 18.5 Å². The minimum absolute atomic E-state index is 0.507. The van der Waals surface area contributed by atoms with Crippen LogP contribution in [0.25, 0.3) is 0 Å². The summed E-state index contributed by atoms with van der Waals surface area (Å²) in [6.45, 7) is 5.75. The molecule has 0 radical (unpaired) electrons. The Labute approximate surface area is 95.3 Å². The molecule has 0 bridgehead atoms. The van der Waals surface area contributed by atoms with Crippen molar-refractivity contribution in [2.75, 3.05) is 5.73 Å². The Morgan fingerprint density at radius 3 is 2.44 bits per heavy atom. The van der Waals surface area contributed by atoms with Crippen molar-refractivity contribution in [1.29, 1.82) is 0 Å². The standard InChI is InChI=1S/C11H19N3O2/c1-4-7-10(12)8(5-2)14(13-7)9(6-3)11(15)16/h9H,4-6,12H2,1-3H3,(H,15,16). The third kappa shape index (κ3) is 2.03. The molecular formula is C11H19N3O2. The molecule has 1 aromatic rings. The molecule has 16 heavy (non-hydrogen) atoms. The highest BCUT2D eigenvalue weighted by Crippen LogP contribution is 2.23. The van der Waals surface area contributed by atoms with E-state index in [0.717, 1.165) is 17.8 Å². The maximum atomic E-state index is 11.1. The number of hydrogen-bond acceptors (Lipinski definition) is 3. The van der Waals surface area contributed by atoms with Crippen LogP contribution in [0.3, 0.4) is 0 Å². The Morgan fingerprint density at radius 2 is 2.06 bits per heavy atom. The van der Waals surface area contributed by atoms with Crippen LogP contribution in [0.5, 0.6) is 0 Å². The van der Waals surface area contributed by atoms with Crippen molar-refractivity contribution >= 4 is 11.7 Å². The maximum Gasteiger partial charge on any atom is 0.328 e. The first-order valence-corrected chi connectivity index (χ1v) is 5.65. The van der Waals surface area contributed by atoms with Crippen molar-refractivity contribution in [3.8, 4) is 0 Å². The van der Waals surface area contributed by atoms with Gasteiger partial charge in [0.15, 0.2) is 0 Å². The van der Waals surface area contributed by atoms with Crippen LogP contribution >= 0.6 is 0 Å². The Balaban J connectivity index is 3.26. The van der Waals surface area contributed by atoms with Gasteiger partial charge in [0.2, 0.25) is 0 Å². The number of aryl methyl sites for hydroxylation is 1. The molecule has 1 unspecified atom stereocenters. The van der Waals surface area contributed by atoms with Crippen LogP contribution < -0.4 is 5.73 Å². The summed E-state index contributed by atoms with van der Waals surface area (Å²) in [5, 5.41) is 13.4. The number of nitrogens with two attached hydrogens (primary N) is 1. The van der Waals surface area contributed by atoms with Gasteiger partial charge in [-0.1, -0.05) is 20.8 Å². The predicted octanol–water partition coefficient (Wildman–Crippen LogP) is 1.63. The summed E-state index contributed by atoms with van der Waals surface area (Å²) < 4.78 is 1.57. The van der Waals surface area contributed by atoms with Crippen molar-refractivity contribution in [2.45, 2.75) is 46.1 Å². The van der Waals surface area contributed by atoms with Crippen LogP contribution in [0.2, 0.25) is 0 Å². The number of rotatable bonds is 5. The van der Waals surface area contributed by atoms with Gasteiger partial charge in [-0.3, -0.25) is 4.68 Å². The van der Waals surface area contributed by atoms with E-state index < -0.39 is 12.0 Å². The summed E-state index contributed by atoms with van der Waals surface area (Å²) in [5.74, 6) is -0.859. The highest BCUT2D eigenvalue weighted by Gasteiger charge is 2.23. The molecule has 0 aromatic carbocycles. The number of anilines is 1. The maximum absolute atomic E-state index is 11.1. The van der Waals surface area contributed by atoms with Gasteiger partial charge in [0.1, 0.15) is 6.04 Å². The monoisotopic (exact) mass is 225 g/mol. The van der Waals surface area contributed by atoms with Gasteiger partial charge in [-0.15, -0.1) is 0 Å². The molecule has 5 heteroatoms. The molecule has 1 atom stereocenters. The first-order valence-electron chi connectivity index (χ1n) is 5.65. The average molecular weight is 225 g/mol. The minimum Gasteiger partial charge on any atom is -0.480 e. The van der Waals surface area contributed by atoms with Crippen molar-refractivity contribution < 1.29 is 9.90 Å². The van der Waals surface area contributed by atoms with E-state index in [4.69, 9.17) is 10.8 Å². The molecular weight excluding hydrogens is 206 g/mol.